The minimum atomic E-state index is -2.54. The lowest BCUT2D eigenvalue weighted by Gasteiger charge is -2.13. The van der Waals surface area contributed by atoms with E-state index in [1.807, 2.05) is 97.1 Å². The van der Waals surface area contributed by atoms with Crippen molar-refractivity contribution < 1.29 is 8.78 Å². The Morgan fingerprint density at radius 1 is 0.594 bits per heavy atom. The SMILES string of the molecule is CC(=c1c(=C(c2ccccc2)c2ccccc2)ccc2cc3ccccc3cc12)C(F)F. The van der Waals surface area contributed by atoms with Gasteiger partial charge >= 0.3 is 0 Å². The second kappa shape index (κ2) is 8.39. The number of hydrogen-bond acceptors (Lipinski definition) is 0. The first-order valence-corrected chi connectivity index (χ1v) is 10.7. The first kappa shape index (κ1) is 20.1. The molecule has 0 heterocycles. The molecule has 0 unspecified atom stereocenters. The first-order chi connectivity index (χ1) is 15.6. The summed E-state index contributed by atoms with van der Waals surface area (Å²) in [6, 6.07) is 36.2. The Bertz CT molecular complexity index is 1490. The fraction of sp³-hybridized carbons (Fsp3) is 0.0667. The summed E-state index contributed by atoms with van der Waals surface area (Å²) in [7, 11) is 0. The van der Waals surface area contributed by atoms with Gasteiger partial charge in [0, 0.05) is 5.57 Å². The lowest BCUT2D eigenvalue weighted by molar-refractivity contribution is 0.212. The van der Waals surface area contributed by atoms with Crippen LogP contribution in [0.1, 0.15) is 18.1 Å². The van der Waals surface area contributed by atoms with E-state index in [4.69, 9.17) is 0 Å². The largest absolute Gasteiger partial charge is 0.260 e. The van der Waals surface area contributed by atoms with E-state index in [2.05, 4.69) is 12.1 Å². The molecule has 5 aromatic carbocycles. The maximum absolute atomic E-state index is 14.2. The molecule has 0 aromatic heterocycles. The molecule has 0 nitrogen and oxygen atoms in total. The fourth-order valence-corrected chi connectivity index (χ4v) is 4.44. The Kier molecular flexibility index (Phi) is 5.28. The van der Waals surface area contributed by atoms with Crippen LogP contribution in [0.3, 0.4) is 0 Å². The van der Waals surface area contributed by atoms with Crippen molar-refractivity contribution in [1.29, 1.82) is 0 Å². The number of fused-ring (bicyclic) bond motifs is 2. The molecule has 0 fully saturated rings. The van der Waals surface area contributed by atoms with Crippen molar-refractivity contribution in [2.75, 3.05) is 0 Å². The van der Waals surface area contributed by atoms with E-state index in [1.165, 1.54) is 0 Å². The summed E-state index contributed by atoms with van der Waals surface area (Å²) in [6.07, 6.45) is -2.54. The number of alkyl halides is 2. The molecule has 0 radical (unpaired) electrons. The Morgan fingerprint density at radius 2 is 1.12 bits per heavy atom. The summed E-state index contributed by atoms with van der Waals surface area (Å²) in [4.78, 5) is 0. The van der Waals surface area contributed by atoms with Gasteiger partial charge in [0.15, 0.2) is 0 Å². The van der Waals surface area contributed by atoms with Crippen molar-refractivity contribution in [2.24, 2.45) is 0 Å². The van der Waals surface area contributed by atoms with Gasteiger partial charge in [0.05, 0.1) is 0 Å². The Balaban J connectivity index is 2.05. The van der Waals surface area contributed by atoms with Gasteiger partial charge in [-0.15, -0.1) is 0 Å². The minimum Gasteiger partial charge on any atom is -0.205 e. The highest BCUT2D eigenvalue weighted by Gasteiger charge is 2.14. The minimum absolute atomic E-state index is 0.0882. The highest BCUT2D eigenvalue weighted by atomic mass is 19.3. The van der Waals surface area contributed by atoms with Gasteiger partial charge in [-0.1, -0.05) is 97.1 Å². The molecule has 2 heteroatoms. The average molecular weight is 421 g/mol. The van der Waals surface area contributed by atoms with Gasteiger partial charge in [0.2, 0.25) is 0 Å². The highest BCUT2D eigenvalue weighted by Crippen LogP contribution is 2.23. The molecule has 0 N–H and O–H groups in total. The molecule has 32 heavy (non-hydrogen) atoms. The van der Waals surface area contributed by atoms with Crippen molar-refractivity contribution >= 4 is 32.7 Å². The molecule has 0 amide bonds. The molecule has 5 rings (SSSR count). The zero-order chi connectivity index (χ0) is 22.1. The predicted molar refractivity (Wildman–Crippen MR) is 130 cm³/mol. The maximum Gasteiger partial charge on any atom is 0.260 e. The molecule has 0 bridgehead atoms. The van der Waals surface area contributed by atoms with E-state index in [1.54, 1.807) is 6.92 Å². The first-order valence-electron chi connectivity index (χ1n) is 10.7. The summed E-state index contributed by atoms with van der Waals surface area (Å²) in [5.41, 5.74) is 3.05. The third-order valence-corrected chi connectivity index (χ3v) is 6.00. The van der Waals surface area contributed by atoms with Gasteiger partial charge in [-0.2, -0.15) is 0 Å². The third kappa shape index (κ3) is 3.58. The normalized spacial score (nSPS) is 12.4. The lowest BCUT2D eigenvalue weighted by Crippen LogP contribution is -2.32. The summed E-state index contributed by atoms with van der Waals surface area (Å²) in [5, 5.41) is 5.39. The number of benzene rings is 5. The van der Waals surface area contributed by atoms with Gasteiger partial charge in [-0.3, -0.25) is 0 Å². The summed E-state index contributed by atoms with van der Waals surface area (Å²) >= 11 is 0. The second-order valence-electron chi connectivity index (χ2n) is 8.00. The van der Waals surface area contributed by atoms with Crippen LogP contribution in [0.15, 0.2) is 109 Å². The molecule has 0 saturated carbocycles. The van der Waals surface area contributed by atoms with Crippen LogP contribution in [-0.2, 0) is 0 Å². The smallest absolute Gasteiger partial charge is 0.205 e. The van der Waals surface area contributed by atoms with Crippen LogP contribution in [0.4, 0.5) is 8.78 Å². The Morgan fingerprint density at radius 3 is 1.69 bits per heavy atom. The molecule has 0 aliphatic rings. The van der Waals surface area contributed by atoms with E-state index < -0.39 is 6.43 Å². The lowest BCUT2D eigenvalue weighted by atomic mass is 9.91. The zero-order valence-electron chi connectivity index (χ0n) is 17.7. The topological polar surface area (TPSA) is 0 Å². The summed E-state index contributed by atoms with van der Waals surface area (Å²) in [6.45, 7) is 1.55. The van der Waals surface area contributed by atoms with Crippen LogP contribution in [0.25, 0.3) is 32.7 Å². The molecule has 0 atom stereocenters. The van der Waals surface area contributed by atoms with Crippen LogP contribution in [0.2, 0.25) is 0 Å². The van der Waals surface area contributed by atoms with Crippen molar-refractivity contribution in [1.82, 2.24) is 0 Å². The van der Waals surface area contributed by atoms with Crippen molar-refractivity contribution in [3.63, 3.8) is 0 Å². The monoisotopic (exact) mass is 420 g/mol. The summed E-state index contributed by atoms with van der Waals surface area (Å²) < 4.78 is 28.3. The standard InChI is InChI=1S/C30H22F2/c1-20(30(31)32)28-26(17-16-25-18-23-14-8-9-15-24(23)19-27(25)28)29(21-10-4-2-5-11-21)22-12-6-3-7-13-22/h2-19,30H,1H3. The molecule has 0 aliphatic carbocycles. The number of hydrogen-bond donors (Lipinski definition) is 0. The quantitative estimate of drug-likeness (QED) is 0.286. The van der Waals surface area contributed by atoms with Crippen LogP contribution in [0.5, 0.6) is 0 Å². The Labute approximate surface area is 185 Å². The van der Waals surface area contributed by atoms with Gasteiger partial charge in [0.25, 0.3) is 6.43 Å². The van der Waals surface area contributed by atoms with E-state index in [0.717, 1.165) is 43.5 Å². The van der Waals surface area contributed by atoms with E-state index in [9.17, 15) is 8.78 Å². The van der Waals surface area contributed by atoms with Gasteiger partial charge in [-0.05, 0) is 67.7 Å². The Hall–Kier alpha value is -3.78. The molecule has 0 saturated heterocycles. The average Bonchev–Trinajstić information content (AvgIpc) is 2.83. The fourth-order valence-electron chi connectivity index (χ4n) is 4.44. The molecule has 5 aromatic rings. The van der Waals surface area contributed by atoms with Crippen molar-refractivity contribution in [3.8, 4) is 0 Å². The molecule has 156 valence electrons. The van der Waals surface area contributed by atoms with Gasteiger partial charge in [-0.25, -0.2) is 8.78 Å². The molecule has 0 aliphatic heterocycles. The number of halogens is 2. The van der Waals surface area contributed by atoms with Crippen molar-refractivity contribution in [2.45, 2.75) is 13.3 Å². The second-order valence-corrected chi connectivity index (χ2v) is 8.00. The molecular weight excluding hydrogens is 398 g/mol. The molecule has 0 spiro atoms. The maximum atomic E-state index is 14.2. The predicted octanol–water partition coefficient (Wildman–Crippen LogP) is 6.68. The van der Waals surface area contributed by atoms with Crippen LogP contribution >= 0.6 is 0 Å². The van der Waals surface area contributed by atoms with Crippen molar-refractivity contribution in [3.05, 3.63) is 131 Å². The van der Waals surface area contributed by atoms with Gasteiger partial charge < -0.3 is 0 Å². The summed E-state index contributed by atoms with van der Waals surface area (Å²) in [5.74, 6) is 0. The zero-order valence-corrected chi connectivity index (χ0v) is 17.7. The third-order valence-electron chi connectivity index (χ3n) is 6.00. The van der Waals surface area contributed by atoms with Crippen LogP contribution in [-0.4, -0.2) is 6.43 Å². The number of rotatable bonds is 3. The van der Waals surface area contributed by atoms with E-state index >= 15 is 0 Å². The molecular formula is C30H22F2. The van der Waals surface area contributed by atoms with Crippen LogP contribution in [0, 0.1) is 0 Å². The highest BCUT2D eigenvalue weighted by molar-refractivity contribution is 5.99. The van der Waals surface area contributed by atoms with E-state index in [-0.39, 0.29) is 5.57 Å². The van der Waals surface area contributed by atoms with Gasteiger partial charge in [0.1, 0.15) is 0 Å². The van der Waals surface area contributed by atoms with E-state index in [0.29, 0.717) is 5.22 Å². The van der Waals surface area contributed by atoms with Crippen LogP contribution < -0.4 is 10.4 Å².